The van der Waals surface area contributed by atoms with Gasteiger partial charge >= 0.3 is 0 Å². The second-order valence-corrected chi connectivity index (χ2v) is 6.11. The predicted molar refractivity (Wildman–Crippen MR) is 84.2 cm³/mol. The molecule has 1 aliphatic carbocycles. The van der Waals surface area contributed by atoms with Crippen molar-refractivity contribution in [2.75, 3.05) is 4.90 Å². The number of para-hydroxylation sites is 1. The summed E-state index contributed by atoms with van der Waals surface area (Å²) >= 11 is 0. The van der Waals surface area contributed by atoms with Crippen LogP contribution in [0.15, 0.2) is 54.6 Å². The number of nitrogens with zero attached hydrogens (tertiary/aromatic N) is 1. The first-order chi connectivity index (χ1) is 10.3. The minimum absolute atomic E-state index is 0.118. The highest BCUT2D eigenvalue weighted by molar-refractivity contribution is 5.97. The van der Waals surface area contributed by atoms with Crippen LogP contribution in [0.1, 0.15) is 36.8 Å². The Morgan fingerprint density at radius 1 is 0.857 bits per heavy atom. The van der Waals surface area contributed by atoms with E-state index in [1.54, 1.807) is 0 Å². The van der Waals surface area contributed by atoms with Crippen LogP contribution in [-0.4, -0.2) is 5.91 Å². The van der Waals surface area contributed by atoms with Crippen molar-refractivity contribution in [3.05, 3.63) is 65.7 Å². The Morgan fingerprint density at radius 2 is 1.62 bits per heavy atom. The van der Waals surface area contributed by atoms with Crippen LogP contribution in [0.2, 0.25) is 0 Å². The van der Waals surface area contributed by atoms with Crippen LogP contribution in [0, 0.1) is 0 Å². The smallest absolute Gasteiger partial charge is 0.227 e. The number of hydrogen-bond donors (Lipinski definition) is 0. The standard InChI is InChI=1S/C19H19NO/c21-18-12-14-19(20(18)16-9-2-1-3-10-16)13-6-8-15-7-4-5-11-17(15)19/h1-5,7,9-11H,6,8,12-14H2. The number of fused-ring (bicyclic) bond motifs is 2. The molecule has 2 nitrogen and oxygen atoms in total. The third-order valence-electron chi connectivity index (χ3n) is 5.00. The van der Waals surface area contributed by atoms with Crippen LogP contribution in [0.5, 0.6) is 0 Å². The van der Waals surface area contributed by atoms with Gasteiger partial charge in [0, 0.05) is 12.1 Å². The zero-order chi connectivity index (χ0) is 14.3. The average molecular weight is 277 g/mol. The normalized spacial score (nSPS) is 24.4. The van der Waals surface area contributed by atoms with Crippen molar-refractivity contribution in [2.45, 2.75) is 37.6 Å². The molecule has 0 bridgehead atoms. The molecule has 1 heterocycles. The van der Waals surface area contributed by atoms with E-state index in [2.05, 4.69) is 41.3 Å². The summed E-state index contributed by atoms with van der Waals surface area (Å²) < 4.78 is 0. The van der Waals surface area contributed by atoms with Crippen molar-refractivity contribution in [3.63, 3.8) is 0 Å². The summed E-state index contributed by atoms with van der Waals surface area (Å²) in [4.78, 5) is 14.7. The molecule has 1 saturated heterocycles. The summed E-state index contributed by atoms with van der Waals surface area (Å²) in [5, 5.41) is 0. The molecule has 1 atom stereocenters. The van der Waals surface area contributed by atoms with Crippen molar-refractivity contribution >= 4 is 11.6 Å². The van der Waals surface area contributed by atoms with Crippen LogP contribution in [-0.2, 0) is 16.8 Å². The Morgan fingerprint density at radius 3 is 2.48 bits per heavy atom. The lowest BCUT2D eigenvalue weighted by atomic mass is 9.74. The second kappa shape index (κ2) is 4.73. The van der Waals surface area contributed by atoms with Crippen LogP contribution in [0.3, 0.4) is 0 Å². The molecule has 1 spiro atoms. The molecule has 0 aromatic heterocycles. The van der Waals surface area contributed by atoms with Gasteiger partial charge in [-0.05, 0) is 48.9 Å². The molecule has 1 aliphatic heterocycles. The third-order valence-corrected chi connectivity index (χ3v) is 5.00. The highest BCUT2D eigenvalue weighted by Crippen LogP contribution is 2.49. The first kappa shape index (κ1) is 12.6. The van der Waals surface area contributed by atoms with Gasteiger partial charge in [0.1, 0.15) is 0 Å². The minimum Gasteiger partial charge on any atom is -0.302 e. The summed E-state index contributed by atoms with van der Waals surface area (Å²) in [7, 11) is 0. The van der Waals surface area contributed by atoms with Crippen LogP contribution < -0.4 is 4.90 Å². The van der Waals surface area contributed by atoms with Crippen molar-refractivity contribution in [1.29, 1.82) is 0 Å². The summed E-state index contributed by atoms with van der Waals surface area (Å²) in [5.74, 6) is 0.262. The molecule has 106 valence electrons. The Balaban J connectivity index is 1.89. The number of carbonyl (C=O) groups is 1. The zero-order valence-electron chi connectivity index (χ0n) is 12.1. The Kier molecular flexibility index (Phi) is 2.85. The lowest BCUT2D eigenvalue weighted by Gasteiger charge is -2.43. The number of hydrogen-bond acceptors (Lipinski definition) is 1. The molecule has 0 N–H and O–H groups in total. The van der Waals surface area contributed by atoms with Gasteiger partial charge < -0.3 is 4.90 Å². The fraction of sp³-hybridized carbons (Fsp3) is 0.316. The van der Waals surface area contributed by atoms with Gasteiger partial charge in [0.15, 0.2) is 0 Å². The largest absolute Gasteiger partial charge is 0.302 e. The molecule has 1 amide bonds. The van der Waals surface area contributed by atoms with Crippen molar-refractivity contribution in [3.8, 4) is 0 Å². The van der Waals surface area contributed by atoms with Crippen molar-refractivity contribution in [2.24, 2.45) is 0 Å². The molecule has 2 aromatic carbocycles. The number of anilines is 1. The molecule has 4 rings (SSSR count). The third kappa shape index (κ3) is 1.82. The number of benzene rings is 2. The lowest BCUT2D eigenvalue weighted by Crippen LogP contribution is -2.45. The average Bonchev–Trinajstić information content (AvgIpc) is 2.86. The van der Waals surface area contributed by atoms with Crippen LogP contribution in [0.4, 0.5) is 5.69 Å². The topological polar surface area (TPSA) is 20.3 Å². The summed E-state index contributed by atoms with van der Waals surface area (Å²) in [5.41, 5.74) is 3.70. The van der Waals surface area contributed by atoms with E-state index in [0.29, 0.717) is 6.42 Å². The quantitative estimate of drug-likeness (QED) is 0.770. The fourth-order valence-electron chi connectivity index (χ4n) is 4.13. The molecule has 0 saturated carbocycles. The van der Waals surface area contributed by atoms with E-state index >= 15 is 0 Å². The molecular formula is C19H19NO. The summed E-state index contributed by atoms with van der Waals surface area (Å²) in [6.45, 7) is 0. The molecule has 1 fully saturated rings. The minimum atomic E-state index is -0.118. The number of carbonyl (C=O) groups excluding carboxylic acids is 1. The van der Waals surface area contributed by atoms with Gasteiger partial charge in [-0.3, -0.25) is 4.79 Å². The van der Waals surface area contributed by atoms with Gasteiger partial charge in [-0.25, -0.2) is 0 Å². The first-order valence-electron chi connectivity index (χ1n) is 7.78. The molecule has 2 heteroatoms. The van der Waals surface area contributed by atoms with Crippen LogP contribution in [0.25, 0.3) is 0 Å². The van der Waals surface area contributed by atoms with Crippen LogP contribution >= 0.6 is 0 Å². The maximum atomic E-state index is 12.6. The highest BCUT2D eigenvalue weighted by Gasteiger charge is 2.49. The van der Waals surface area contributed by atoms with Gasteiger partial charge in [-0.15, -0.1) is 0 Å². The van der Waals surface area contributed by atoms with E-state index in [9.17, 15) is 4.79 Å². The van der Waals surface area contributed by atoms with E-state index in [4.69, 9.17) is 0 Å². The van der Waals surface area contributed by atoms with Gasteiger partial charge in [-0.2, -0.15) is 0 Å². The maximum Gasteiger partial charge on any atom is 0.227 e. The number of aryl methyl sites for hydroxylation is 1. The lowest BCUT2D eigenvalue weighted by molar-refractivity contribution is -0.117. The Bertz CT molecular complexity index is 679. The van der Waals surface area contributed by atoms with Gasteiger partial charge in [-0.1, -0.05) is 42.5 Å². The summed E-state index contributed by atoms with van der Waals surface area (Å²) in [6, 6.07) is 18.8. The Labute approximate surface area is 125 Å². The van der Waals surface area contributed by atoms with E-state index < -0.39 is 0 Å². The second-order valence-electron chi connectivity index (χ2n) is 6.11. The predicted octanol–water partition coefficient (Wildman–Crippen LogP) is 4.05. The number of amides is 1. The molecule has 2 aromatic rings. The summed E-state index contributed by atoms with van der Waals surface area (Å²) in [6.07, 6.45) is 4.97. The molecule has 0 radical (unpaired) electrons. The van der Waals surface area contributed by atoms with E-state index in [-0.39, 0.29) is 11.4 Å². The molecule has 21 heavy (non-hydrogen) atoms. The zero-order valence-corrected chi connectivity index (χ0v) is 12.1. The van der Waals surface area contributed by atoms with E-state index in [1.807, 2.05) is 18.2 Å². The molecular weight excluding hydrogens is 258 g/mol. The highest BCUT2D eigenvalue weighted by atomic mass is 16.2. The Hall–Kier alpha value is -2.09. The van der Waals surface area contributed by atoms with E-state index in [1.165, 1.54) is 11.1 Å². The van der Waals surface area contributed by atoms with E-state index in [0.717, 1.165) is 31.4 Å². The number of rotatable bonds is 1. The van der Waals surface area contributed by atoms with Crippen molar-refractivity contribution < 1.29 is 4.79 Å². The monoisotopic (exact) mass is 277 g/mol. The van der Waals surface area contributed by atoms with Gasteiger partial charge in [0.2, 0.25) is 5.91 Å². The maximum absolute atomic E-state index is 12.6. The molecule has 2 aliphatic rings. The van der Waals surface area contributed by atoms with Gasteiger partial charge in [0.05, 0.1) is 5.54 Å². The first-order valence-corrected chi connectivity index (χ1v) is 7.78. The van der Waals surface area contributed by atoms with Gasteiger partial charge in [0.25, 0.3) is 0 Å². The molecule has 1 unspecified atom stereocenters. The fourth-order valence-corrected chi connectivity index (χ4v) is 4.13. The van der Waals surface area contributed by atoms with Crippen molar-refractivity contribution in [1.82, 2.24) is 0 Å². The SMILES string of the molecule is O=C1CCC2(CCCc3ccccc32)N1c1ccccc1.